The molecule has 0 saturated carbocycles. The van der Waals surface area contributed by atoms with Gasteiger partial charge in [0, 0.05) is 16.3 Å². The van der Waals surface area contributed by atoms with E-state index in [-0.39, 0.29) is 5.91 Å². The van der Waals surface area contributed by atoms with Crippen molar-refractivity contribution < 1.29 is 14.3 Å². The summed E-state index contributed by atoms with van der Waals surface area (Å²) in [5.41, 5.74) is 4.26. The van der Waals surface area contributed by atoms with Gasteiger partial charge in [-0.2, -0.15) is 0 Å². The van der Waals surface area contributed by atoms with Crippen molar-refractivity contribution >= 4 is 45.8 Å². The monoisotopic (exact) mass is 535 g/mol. The largest absolute Gasteiger partial charge is 0.490 e. The maximum absolute atomic E-state index is 12.9. The van der Waals surface area contributed by atoms with Crippen molar-refractivity contribution in [1.82, 2.24) is 0 Å². The molecule has 0 spiro atoms. The van der Waals surface area contributed by atoms with E-state index in [1.807, 2.05) is 38.1 Å². The summed E-state index contributed by atoms with van der Waals surface area (Å²) in [5, 5.41) is 3.53. The van der Waals surface area contributed by atoms with Crippen LogP contribution in [-0.2, 0) is 6.61 Å². The Morgan fingerprint density at radius 1 is 1.07 bits per heavy atom. The van der Waals surface area contributed by atoms with Gasteiger partial charge in [-0.15, -0.1) is 0 Å². The number of ether oxygens (including phenoxy) is 2. The molecule has 3 aromatic carbocycles. The van der Waals surface area contributed by atoms with Gasteiger partial charge in [0.25, 0.3) is 5.91 Å². The molecule has 0 aliphatic carbocycles. The summed E-state index contributed by atoms with van der Waals surface area (Å²) < 4.78 is 12.6. The Bertz CT molecular complexity index is 1050. The van der Waals surface area contributed by atoms with Gasteiger partial charge in [0.1, 0.15) is 6.61 Å². The molecular formula is C24H23ClINO3. The van der Waals surface area contributed by atoms with Crippen molar-refractivity contribution in [1.29, 1.82) is 0 Å². The Balaban J connectivity index is 1.83. The first kappa shape index (κ1) is 22.4. The average molecular weight is 536 g/mol. The second-order valence-corrected chi connectivity index (χ2v) is 8.43. The lowest BCUT2D eigenvalue weighted by atomic mass is 10.1. The Morgan fingerprint density at radius 3 is 2.50 bits per heavy atom. The third-order valence-electron chi connectivity index (χ3n) is 4.59. The number of carbonyl (C=O) groups excluding carboxylic acids is 1. The molecule has 156 valence electrons. The zero-order valence-corrected chi connectivity index (χ0v) is 20.0. The number of rotatable bonds is 7. The summed E-state index contributed by atoms with van der Waals surface area (Å²) in [7, 11) is 0. The van der Waals surface area contributed by atoms with E-state index in [9.17, 15) is 4.79 Å². The van der Waals surface area contributed by atoms with Crippen LogP contribution in [0.25, 0.3) is 0 Å². The van der Waals surface area contributed by atoms with Crippen LogP contribution in [0.4, 0.5) is 5.69 Å². The topological polar surface area (TPSA) is 47.6 Å². The van der Waals surface area contributed by atoms with Gasteiger partial charge in [-0.25, -0.2) is 0 Å². The van der Waals surface area contributed by atoms with Crippen molar-refractivity contribution in [2.24, 2.45) is 0 Å². The van der Waals surface area contributed by atoms with Gasteiger partial charge in [0.05, 0.1) is 10.2 Å². The molecular weight excluding hydrogens is 513 g/mol. The van der Waals surface area contributed by atoms with Crippen LogP contribution >= 0.6 is 34.2 Å². The highest BCUT2D eigenvalue weighted by Gasteiger charge is 2.17. The van der Waals surface area contributed by atoms with Crippen LogP contribution in [0.15, 0.2) is 54.6 Å². The highest BCUT2D eigenvalue weighted by Crippen LogP contribution is 2.35. The molecule has 30 heavy (non-hydrogen) atoms. The number of benzene rings is 3. The first-order valence-corrected chi connectivity index (χ1v) is 11.1. The zero-order chi connectivity index (χ0) is 21.7. The molecule has 1 N–H and O–H groups in total. The molecule has 6 heteroatoms. The Hall–Kier alpha value is -2.25. The summed E-state index contributed by atoms with van der Waals surface area (Å²) in [6, 6.07) is 17.1. The van der Waals surface area contributed by atoms with Gasteiger partial charge >= 0.3 is 0 Å². The fourth-order valence-electron chi connectivity index (χ4n) is 2.88. The normalized spacial score (nSPS) is 10.6. The molecule has 0 fully saturated rings. The van der Waals surface area contributed by atoms with Gasteiger partial charge < -0.3 is 14.8 Å². The van der Waals surface area contributed by atoms with E-state index in [0.717, 1.165) is 14.7 Å². The Kier molecular flexibility index (Phi) is 7.61. The smallest absolute Gasteiger partial charge is 0.255 e. The zero-order valence-electron chi connectivity index (χ0n) is 17.1. The van der Waals surface area contributed by atoms with Crippen molar-refractivity contribution in [3.8, 4) is 11.5 Å². The van der Waals surface area contributed by atoms with E-state index < -0.39 is 0 Å². The molecule has 0 bridgehead atoms. The molecule has 0 atom stereocenters. The van der Waals surface area contributed by atoms with Crippen LogP contribution in [0.2, 0.25) is 5.02 Å². The van der Waals surface area contributed by atoms with Crippen LogP contribution in [0.1, 0.15) is 34.0 Å². The molecule has 0 aromatic heterocycles. The van der Waals surface area contributed by atoms with Crippen LogP contribution in [-0.4, -0.2) is 12.5 Å². The number of amides is 1. The molecule has 3 rings (SSSR count). The SMILES string of the molecule is CCOc1cc(C(=O)Nc2cccc(Cl)c2C)cc(I)c1OCc1ccc(C)cc1. The van der Waals surface area contributed by atoms with E-state index in [1.165, 1.54) is 5.56 Å². The first-order chi connectivity index (χ1) is 14.4. The summed E-state index contributed by atoms with van der Waals surface area (Å²) >= 11 is 8.33. The Morgan fingerprint density at radius 2 is 1.80 bits per heavy atom. The van der Waals surface area contributed by atoms with Crippen LogP contribution < -0.4 is 14.8 Å². The molecule has 3 aromatic rings. The predicted molar refractivity (Wildman–Crippen MR) is 130 cm³/mol. The van der Waals surface area contributed by atoms with E-state index in [2.05, 4.69) is 47.0 Å². The molecule has 0 radical (unpaired) electrons. The lowest BCUT2D eigenvalue weighted by molar-refractivity contribution is 0.102. The molecule has 1 amide bonds. The van der Waals surface area contributed by atoms with Crippen molar-refractivity contribution in [3.63, 3.8) is 0 Å². The average Bonchev–Trinajstić information content (AvgIpc) is 2.72. The maximum atomic E-state index is 12.9. The summed E-state index contributed by atoms with van der Waals surface area (Å²) in [4.78, 5) is 12.9. The Labute approximate surface area is 195 Å². The maximum Gasteiger partial charge on any atom is 0.255 e. The standard InChI is InChI=1S/C24H23ClINO3/c1-4-29-22-13-18(24(28)27-21-7-5-6-19(25)16(21)3)12-20(26)23(22)30-14-17-10-8-15(2)9-11-17/h5-13H,4,14H2,1-3H3,(H,27,28). The highest BCUT2D eigenvalue weighted by molar-refractivity contribution is 14.1. The van der Waals surface area contributed by atoms with E-state index in [4.69, 9.17) is 21.1 Å². The number of nitrogens with one attached hydrogen (secondary N) is 1. The second-order valence-electron chi connectivity index (χ2n) is 6.86. The lowest BCUT2D eigenvalue weighted by Crippen LogP contribution is -2.14. The number of hydrogen-bond acceptors (Lipinski definition) is 3. The summed E-state index contributed by atoms with van der Waals surface area (Å²) in [6.45, 7) is 6.71. The van der Waals surface area contributed by atoms with E-state index >= 15 is 0 Å². The summed E-state index contributed by atoms with van der Waals surface area (Å²) in [6.07, 6.45) is 0. The van der Waals surface area contributed by atoms with Gasteiger partial charge in [-0.05, 0) is 78.8 Å². The molecule has 0 aliphatic rings. The molecule has 0 heterocycles. The van der Waals surface area contributed by atoms with Gasteiger partial charge in [-0.3, -0.25) is 4.79 Å². The number of carbonyl (C=O) groups is 1. The number of aryl methyl sites for hydroxylation is 1. The quantitative estimate of drug-likeness (QED) is 0.339. The summed E-state index contributed by atoms with van der Waals surface area (Å²) in [5.74, 6) is 0.947. The van der Waals surface area contributed by atoms with Crippen LogP contribution in [0.5, 0.6) is 11.5 Å². The molecule has 0 unspecified atom stereocenters. The second kappa shape index (κ2) is 10.2. The molecule has 4 nitrogen and oxygen atoms in total. The number of hydrogen-bond donors (Lipinski definition) is 1. The van der Waals surface area contributed by atoms with Crippen molar-refractivity contribution in [2.75, 3.05) is 11.9 Å². The number of halogens is 2. The third kappa shape index (κ3) is 5.46. The first-order valence-electron chi connectivity index (χ1n) is 9.60. The minimum atomic E-state index is -0.232. The predicted octanol–water partition coefficient (Wildman–Crippen LogP) is 6.79. The highest BCUT2D eigenvalue weighted by atomic mass is 127. The van der Waals surface area contributed by atoms with Gasteiger partial charge in [-0.1, -0.05) is 47.5 Å². The lowest BCUT2D eigenvalue weighted by Gasteiger charge is -2.16. The minimum absolute atomic E-state index is 0.232. The fraction of sp³-hybridized carbons (Fsp3) is 0.208. The molecule has 0 aliphatic heterocycles. The van der Waals surface area contributed by atoms with Crippen molar-refractivity contribution in [3.05, 3.63) is 85.4 Å². The van der Waals surface area contributed by atoms with E-state index in [0.29, 0.717) is 41.0 Å². The van der Waals surface area contributed by atoms with Gasteiger partial charge in [0.2, 0.25) is 0 Å². The fourth-order valence-corrected chi connectivity index (χ4v) is 3.81. The van der Waals surface area contributed by atoms with E-state index in [1.54, 1.807) is 18.2 Å². The van der Waals surface area contributed by atoms with Crippen LogP contribution in [0, 0.1) is 17.4 Å². The molecule has 0 saturated heterocycles. The number of anilines is 1. The van der Waals surface area contributed by atoms with Crippen LogP contribution in [0.3, 0.4) is 0 Å². The van der Waals surface area contributed by atoms with Gasteiger partial charge in [0.15, 0.2) is 11.5 Å². The minimum Gasteiger partial charge on any atom is -0.490 e. The third-order valence-corrected chi connectivity index (χ3v) is 5.80. The van der Waals surface area contributed by atoms with Crippen molar-refractivity contribution in [2.45, 2.75) is 27.4 Å².